The van der Waals surface area contributed by atoms with Gasteiger partial charge in [-0.15, -0.1) is 0 Å². The van der Waals surface area contributed by atoms with Gasteiger partial charge in [0.25, 0.3) is 0 Å². The van der Waals surface area contributed by atoms with Crippen LogP contribution in [0.15, 0.2) is 0 Å². The summed E-state index contributed by atoms with van der Waals surface area (Å²) in [5.74, 6) is -0.100. The van der Waals surface area contributed by atoms with Gasteiger partial charge in [0.15, 0.2) is 0 Å². The molecule has 3 nitrogen and oxygen atoms in total. The Morgan fingerprint density at radius 3 is 2.33 bits per heavy atom. The van der Waals surface area contributed by atoms with E-state index >= 15 is 0 Å². The summed E-state index contributed by atoms with van der Waals surface area (Å²) in [7, 11) is 1.45. The van der Waals surface area contributed by atoms with Gasteiger partial charge in [-0.05, 0) is 46.5 Å². The Morgan fingerprint density at radius 1 is 1.39 bits per heavy atom. The Morgan fingerprint density at radius 2 is 1.94 bits per heavy atom. The average molecular weight is 321 g/mol. The minimum atomic E-state index is -0.101. The van der Waals surface area contributed by atoms with Crippen LogP contribution >= 0.6 is 15.9 Å². The minimum absolute atomic E-state index is 0.000290. The number of carbonyl (C=O) groups excluding carboxylic acids is 1. The first kappa shape index (κ1) is 16.0. The molecule has 1 fully saturated rings. The highest BCUT2D eigenvalue weighted by molar-refractivity contribution is 9.09. The zero-order valence-electron chi connectivity index (χ0n) is 12.1. The molecule has 0 bridgehead atoms. The first-order chi connectivity index (χ1) is 8.25. The van der Waals surface area contributed by atoms with Crippen LogP contribution in [0.25, 0.3) is 0 Å². The molecule has 1 aliphatic heterocycles. The lowest BCUT2D eigenvalue weighted by atomic mass is 9.90. The van der Waals surface area contributed by atoms with Crippen LogP contribution in [0.4, 0.5) is 0 Å². The summed E-state index contributed by atoms with van der Waals surface area (Å²) >= 11 is 3.67. The van der Waals surface area contributed by atoms with Gasteiger partial charge in [-0.25, -0.2) is 0 Å². The molecule has 0 N–H and O–H groups in total. The molecule has 0 aromatic rings. The van der Waals surface area contributed by atoms with E-state index in [2.05, 4.69) is 36.7 Å². The summed E-state index contributed by atoms with van der Waals surface area (Å²) in [6.07, 6.45) is 3.70. The lowest BCUT2D eigenvalue weighted by molar-refractivity contribution is -0.145. The van der Waals surface area contributed by atoms with Gasteiger partial charge in [-0.1, -0.05) is 22.9 Å². The van der Waals surface area contributed by atoms with Crippen LogP contribution in [0, 0.1) is 5.92 Å². The first-order valence-electron chi connectivity index (χ1n) is 6.68. The molecule has 3 unspecified atom stereocenters. The maximum atomic E-state index is 11.5. The number of hydrogen-bond donors (Lipinski definition) is 0. The van der Waals surface area contributed by atoms with Gasteiger partial charge in [0.2, 0.25) is 0 Å². The van der Waals surface area contributed by atoms with E-state index in [0.29, 0.717) is 4.83 Å². The predicted molar refractivity (Wildman–Crippen MR) is 75.9 cm³/mol. The Balaban J connectivity index is 2.33. The Bertz CT molecular complexity index is 303. The predicted octanol–water partition coefficient (Wildman–Crippen LogP) is 3.69. The number of hydrogen-bond acceptors (Lipinski definition) is 3. The van der Waals surface area contributed by atoms with Crippen molar-refractivity contribution in [2.75, 3.05) is 7.11 Å². The molecule has 0 radical (unpaired) electrons. The van der Waals surface area contributed by atoms with Gasteiger partial charge in [-0.2, -0.15) is 0 Å². The second-order valence-electron chi connectivity index (χ2n) is 5.84. The van der Waals surface area contributed by atoms with Gasteiger partial charge in [-0.3, -0.25) is 4.79 Å². The third-order valence-corrected chi connectivity index (χ3v) is 5.05. The Hall–Kier alpha value is -0.0900. The summed E-state index contributed by atoms with van der Waals surface area (Å²) in [5, 5.41) is 0. The minimum Gasteiger partial charge on any atom is -0.469 e. The van der Waals surface area contributed by atoms with Gasteiger partial charge < -0.3 is 9.47 Å². The maximum Gasteiger partial charge on any atom is 0.308 e. The molecular weight excluding hydrogens is 296 g/mol. The molecule has 0 saturated carbocycles. The molecule has 18 heavy (non-hydrogen) atoms. The highest BCUT2D eigenvalue weighted by Gasteiger charge is 2.59. The fourth-order valence-electron chi connectivity index (χ4n) is 2.34. The number of esters is 1. The fraction of sp³-hybridized carbons (Fsp3) is 0.929. The van der Waals surface area contributed by atoms with Crippen molar-refractivity contribution in [3.63, 3.8) is 0 Å². The highest BCUT2D eigenvalue weighted by Crippen LogP contribution is 2.50. The van der Waals surface area contributed by atoms with Gasteiger partial charge in [0, 0.05) is 4.83 Å². The lowest BCUT2D eigenvalue weighted by Gasteiger charge is -2.18. The first-order valence-corrected chi connectivity index (χ1v) is 7.59. The van der Waals surface area contributed by atoms with Gasteiger partial charge in [0.05, 0.1) is 24.2 Å². The third kappa shape index (κ3) is 3.70. The van der Waals surface area contributed by atoms with Crippen molar-refractivity contribution in [1.82, 2.24) is 0 Å². The number of epoxide rings is 1. The summed E-state index contributed by atoms with van der Waals surface area (Å²) in [5.41, 5.74) is 0.0121. The van der Waals surface area contributed by atoms with E-state index < -0.39 is 0 Å². The zero-order valence-corrected chi connectivity index (χ0v) is 13.7. The normalized spacial score (nSPS) is 28.6. The molecular formula is C14H25BrO3. The van der Waals surface area contributed by atoms with Crippen molar-refractivity contribution >= 4 is 21.9 Å². The van der Waals surface area contributed by atoms with Crippen molar-refractivity contribution < 1.29 is 14.3 Å². The van der Waals surface area contributed by atoms with Crippen molar-refractivity contribution in [2.24, 2.45) is 5.92 Å². The Labute approximate surface area is 119 Å². The monoisotopic (exact) mass is 320 g/mol. The molecule has 3 atom stereocenters. The number of carbonyl (C=O) groups is 1. The summed E-state index contributed by atoms with van der Waals surface area (Å²) in [6.45, 7) is 8.43. The van der Waals surface area contributed by atoms with E-state index in [-0.39, 0.29) is 23.1 Å². The SMILES string of the molecule is CCC(CC(Br)CCC1(C)OC1(C)C)C(=O)OC. The number of halogens is 1. The van der Waals surface area contributed by atoms with E-state index in [0.717, 1.165) is 25.7 Å². The Kier molecular flexibility index (Phi) is 5.24. The van der Waals surface area contributed by atoms with Crippen LogP contribution < -0.4 is 0 Å². The molecule has 1 heterocycles. The van der Waals surface area contributed by atoms with E-state index in [1.165, 1.54) is 7.11 Å². The molecule has 0 aliphatic carbocycles. The second-order valence-corrected chi connectivity index (χ2v) is 7.14. The lowest BCUT2D eigenvalue weighted by Crippen LogP contribution is -2.21. The number of methoxy groups -OCH3 is 1. The third-order valence-electron chi connectivity index (χ3n) is 4.21. The van der Waals surface area contributed by atoms with E-state index in [9.17, 15) is 4.79 Å². The largest absolute Gasteiger partial charge is 0.469 e. The molecule has 0 spiro atoms. The van der Waals surface area contributed by atoms with Crippen LogP contribution in [0.3, 0.4) is 0 Å². The molecule has 0 amide bonds. The van der Waals surface area contributed by atoms with Gasteiger partial charge in [0.1, 0.15) is 0 Å². The highest BCUT2D eigenvalue weighted by atomic mass is 79.9. The smallest absolute Gasteiger partial charge is 0.308 e. The van der Waals surface area contributed by atoms with E-state index in [1.807, 2.05) is 6.92 Å². The van der Waals surface area contributed by atoms with Crippen LogP contribution in [-0.2, 0) is 14.3 Å². The molecule has 106 valence electrons. The van der Waals surface area contributed by atoms with Crippen molar-refractivity contribution in [3.8, 4) is 0 Å². The maximum absolute atomic E-state index is 11.5. The topological polar surface area (TPSA) is 38.8 Å². The molecule has 1 rings (SSSR count). The number of alkyl halides is 1. The van der Waals surface area contributed by atoms with Crippen molar-refractivity contribution in [1.29, 1.82) is 0 Å². The van der Waals surface area contributed by atoms with Crippen LogP contribution in [0.2, 0.25) is 0 Å². The van der Waals surface area contributed by atoms with E-state index in [1.54, 1.807) is 0 Å². The number of rotatable bonds is 7. The molecule has 4 heteroatoms. The van der Waals surface area contributed by atoms with Crippen LogP contribution in [-0.4, -0.2) is 29.1 Å². The quantitative estimate of drug-likeness (QED) is 0.408. The van der Waals surface area contributed by atoms with Crippen LogP contribution in [0.1, 0.15) is 53.4 Å². The zero-order chi connectivity index (χ0) is 14.0. The molecule has 0 aromatic heterocycles. The standard InChI is InChI=1S/C14H25BrO3/c1-6-10(12(16)17-5)9-11(15)7-8-14(4)13(2,3)18-14/h10-11H,6-9H2,1-5H3. The van der Waals surface area contributed by atoms with E-state index in [4.69, 9.17) is 9.47 Å². The second kappa shape index (κ2) is 5.91. The summed E-state index contributed by atoms with van der Waals surface area (Å²) in [6, 6.07) is 0. The molecule has 1 aliphatic rings. The average Bonchev–Trinajstić information content (AvgIpc) is 2.82. The summed E-state index contributed by atoms with van der Waals surface area (Å²) in [4.78, 5) is 11.9. The summed E-state index contributed by atoms with van der Waals surface area (Å²) < 4.78 is 10.5. The molecule has 1 saturated heterocycles. The van der Waals surface area contributed by atoms with Crippen LogP contribution in [0.5, 0.6) is 0 Å². The fourth-order valence-corrected chi connectivity index (χ4v) is 3.02. The number of ether oxygens (including phenoxy) is 2. The van der Waals surface area contributed by atoms with Crippen molar-refractivity contribution in [2.45, 2.75) is 69.4 Å². The van der Waals surface area contributed by atoms with Gasteiger partial charge >= 0.3 is 5.97 Å². The van der Waals surface area contributed by atoms with Crippen molar-refractivity contribution in [3.05, 3.63) is 0 Å². The molecule has 0 aromatic carbocycles.